The first-order valence-electron chi connectivity index (χ1n) is 6.38. The van der Waals surface area contributed by atoms with Gasteiger partial charge in [-0.3, -0.25) is 4.79 Å². The van der Waals surface area contributed by atoms with Gasteiger partial charge in [-0.2, -0.15) is 0 Å². The molecule has 0 radical (unpaired) electrons. The second kappa shape index (κ2) is 7.76. The van der Waals surface area contributed by atoms with E-state index in [-0.39, 0.29) is 18.7 Å². The average molecular weight is 243 g/mol. The Labute approximate surface area is 103 Å². The lowest BCUT2D eigenvalue weighted by atomic mass is 9.90. The Hall–Kier alpha value is -0.490. The van der Waals surface area contributed by atoms with Gasteiger partial charge in [0.25, 0.3) is 0 Å². The quantitative estimate of drug-likeness (QED) is 0.612. The van der Waals surface area contributed by atoms with E-state index in [1.807, 2.05) is 0 Å². The number of nitrogens with zero attached hydrogens (tertiary/aromatic N) is 1. The lowest BCUT2D eigenvalue weighted by Gasteiger charge is -2.28. The van der Waals surface area contributed by atoms with Crippen molar-refractivity contribution >= 4 is 5.78 Å². The van der Waals surface area contributed by atoms with Crippen LogP contribution in [0.3, 0.4) is 0 Å². The molecule has 0 aliphatic carbocycles. The molecule has 0 aromatic heterocycles. The highest BCUT2D eigenvalue weighted by Gasteiger charge is 2.23. The number of ketones is 1. The predicted octanol–water partition coefficient (Wildman–Crippen LogP) is -0.0624. The van der Waals surface area contributed by atoms with Crippen molar-refractivity contribution < 1.29 is 9.53 Å². The van der Waals surface area contributed by atoms with Crippen LogP contribution in [0.15, 0.2) is 0 Å². The number of ether oxygens (including phenoxy) is 1. The van der Waals surface area contributed by atoms with Crippen LogP contribution in [-0.2, 0) is 9.53 Å². The van der Waals surface area contributed by atoms with Gasteiger partial charge in [0, 0.05) is 18.4 Å². The van der Waals surface area contributed by atoms with Gasteiger partial charge < -0.3 is 21.1 Å². The summed E-state index contributed by atoms with van der Waals surface area (Å²) < 4.78 is 5.02. The summed E-state index contributed by atoms with van der Waals surface area (Å²) >= 11 is 0. The molecule has 0 aromatic carbocycles. The monoisotopic (exact) mass is 243 g/mol. The van der Waals surface area contributed by atoms with Gasteiger partial charge in [0.05, 0.1) is 13.3 Å². The van der Waals surface area contributed by atoms with Gasteiger partial charge in [-0.05, 0) is 39.4 Å². The lowest BCUT2D eigenvalue weighted by Crippen LogP contribution is -2.34. The predicted molar refractivity (Wildman–Crippen MR) is 67.4 cm³/mol. The topological polar surface area (TPSA) is 81.6 Å². The zero-order valence-corrected chi connectivity index (χ0v) is 10.7. The van der Waals surface area contributed by atoms with Crippen LogP contribution in [0.2, 0.25) is 0 Å². The molecule has 1 heterocycles. The summed E-state index contributed by atoms with van der Waals surface area (Å²) in [7, 11) is 2.10. The molecule has 1 aliphatic heterocycles. The van der Waals surface area contributed by atoms with E-state index in [0.29, 0.717) is 25.2 Å². The SMILES string of the molecule is CN1CCC(C(=O)CCC(N)COCN)CC1. The largest absolute Gasteiger partial charge is 0.365 e. The molecule has 1 aliphatic rings. The van der Waals surface area contributed by atoms with Crippen LogP contribution in [-0.4, -0.2) is 50.2 Å². The van der Waals surface area contributed by atoms with Crippen molar-refractivity contribution in [2.45, 2.75) is 31.7 Å². The summed E-state index contributed by atoms with van der Waals surface area (Å²) in [4.78, 5) is 14.2. The molecule has 0 saturated carbocycles. The van der Waals surface area contributed by atoms with Crippen molar-refractivity contribution in [3.8, 4) is 0 Å². The van der Waals surface area contributed by atoms with Crippen molar-refractivity contribution in [2.24, 2.45) is 17.4 Å². The molecule has 1 fully saturated rings. The van der Waals surface area contributed by atoms with E-state index in [4.69, 9.17) is 16.2 Å². The molecule has 1 unspecified atom stereocenters. The Balaban J connectivity index is 2.16. The number of likely N-dealkylation sites (tertiary alicyclic amines) is 1. The van der Waals surface area contributed by atoms with Gasteiger partial charge in [0.15, 0.2) is 0 Å². The standard InChI is InChI=1S/C12H25N3O2/c1-15-6-4-10(5-7-15)12(16)3-2-11(14)8-17-9-13/h10-11H,2-9,13-14H2,1H3. The van der Waals surface area contributed by atoms with Crippen molar-refractivity contribution in [1.29, 1.82) is 0 Å². The number of carbonyl (C=O) groups excluding carboxylic acids is 1. The van der Waals surface area contributed by atoms with Crippen molar-refractivity contribution in [1.82, 2.24) is 4.90 Å². The van der Waals surface area contributed by atoms with Crippen LogP contribution in [0.5, 0.6) is 0 Å². The smallest absolute Gasteiger partial charge is 0.136 e. The lowest BCUT2D eigenvalue weighted by molar-refractivity contribution is -0.124. The molecule has 0 bridgehead atoms. The van der Waals surface area contributed by atoms with Crippen LogP contribution in [0.4, 0.5) is 0 Å². The van der Waals surface area contributed by atoms with E-state index in [1.54, 1.807) is 0 Å². The number of hydrogen-bond acceptors (Lipinski definition) is 5. The van der Waals surface area contributed by atoms with Gasteiger partial charge in [-0.25, -0.2) is 0 Å². The van der Waals surface area contributed by atoms with Gasteiger partial charge in [-0.1, -0.05) is 0 Å². The minimum atomic E-state index is -0.0752. The maximum atomic E-state index is 11.9. The molecule has 1 saturated heterocycles. The first-order valence-corrected chi connectivity index (χ1v) is 6.38. The van der Waals surface area contributed by atoms with Crippen LogP contribution in [0.1, 0.15) is 25.7 Å². The van der Waals surface area contributed by atoms with E-state index in [0.717, 1.165) is 25.9 Å². The summed E-state index contributed by atoms with van der Waals surface area (Å²) in [6.45, 7) is 2.69. The minimum absolute atomic E-state index is 0.0752. The van der Waals surface area contributed by atoms with Gasteiger partial charge in [-0.15, -0.1) is 0 Å². The molecule has 5 nitrogen and oxygen atoms in total. The summed E-state index contributed by atoms with van der Waals surface area (Å²) in [6, 6.07) is -0.0752. The summed E-state index contributed by atoms with van der Waals surface area (Å²) in [5.74, 6) is 0.607. The van der Waals surface area contributed by atoms with E-state index in [2.05, 4.69) is 11.9 Å². The summed E-state index contributed by atoms with van der Waals surface area (Å²) in [5, 5.41) is 0. The molecule has 0 spiro atoms. The molecule has 1 rings (SSSR count). The van der Waals surface area contributed by atoms with E-state index < -0.39 is 0 Å². The molecule has 1 atom stereocenters. The van der Waals surface area contributed by atoms with Crippen molar-refractivity contribution in [2.75, 3.05) is 33.5 Å². The highest BCUT2D eigenvalue weighted by atomic mass is 16.5. The Morgan fingerprint density at radius 2 is 2.12 bits per heavy atom. The fraction of sp³-hybridized carbons (Fsp3) is 0.917. The fourth-order valence-electron chi connectivity index (χ4n) is 2.17. The molecule has 17 heavy (non-hydrogen) atoms. The Kier molecular flexibility index (Phi) is 6.65. The number of carbonyl (C=O) groups is 1. The van der Waals surface area contributed by atoms with Crippen LogP contribution in [0, 0.1) is 5.92 Å². The summed E-state index contributed by atoms with van der Waals surface area (Å²) in [6.07, 6.45) is 3.25. The first-order chi connectivity index (χ1) is 8.13. The second-order valence-electron chi connectivity index (χ2n) is 4.88. The van der Waals surface area contributed by atoms with Crippen LogP contribution >= 0.6 is 0 Å². The minimum Gasteiger partial charge on any atom is -0.365 e. The van der Waals surface area contributed by atoms with E-state index in [1.165, 1.54) is 0 Å². The fourth-order valence-corrected chi connectivity index (χ4v) is 2.17. The normalized spacial score (nSPS) is 20.4. The number of piperidine rings is 1. The van der Waals surface area contributed by atoms with Crippen molar-refractivity contribution in [3.63, 3.8) is 0 Å². The van der Waals surface area contributed by atoms with Gasteiger partial charge in [0.2, 0.25) is 0 Å². The summed E-state index contributed by atoms with van der Waals surface area (Å²) in [5.41, 5.74) is 11.0. The number of hydrogen-bond donors (Lipinski definition) is 2. The highest BCUT2D eigenvalue weighted by Crippen LogP contribution is 2.19. The first kappa shape index (κ1) is 14.6. The van der Waals surface area contributed by atoms with Gasteiger partial charge in [0.1, 0.15) is 5.78 Å². The third kappa shape index (κ3) is 5.59. The van der Waals surface area contributed by atoms with E-state index >= 15 is 0 Å². The molecule has 0 amide bonds. The highest BCUT2D eigenvalue weighted by molar-refractivity contribution is 5.81. The van der Waals surface area contributed by atoms with Crippen molar-refractivity contribution in [3.05, 3.63) is 0 Å². The Morgan fingerprint density at radius 3 is 2.71 bits per heavy atom. The van der Waals surface area contributed by atoms with Gasteiger partial charge >= 0.3 is 0 Å². The van der Waals surface area contributed by atoms with E-state index in [9.17, 15) is 4.79 Å². The Bertz CT molecular complexity index is 228. The second-order valence-corrected chi connectivity index (χ2v) is 4.88. The zero-order chi connectivity index (χ0) is 12.7. The number of Topliss-reactive ketones (excluding diaryl/α,β-unsaturated/α-hetero) is 1. The molecule has 5 heteroatoms. The zero-order valence-electron chi connectivity index (χ0n) is 10.7. The van der Waals surface area contributed by atoms with Crippen LogP contribution < -0.4 is 11.5 Å². The number of nitrogens with two attached hydrogens (primary N) is 2. The third-order valence-electron chi connectivity index (χ3n) is 3.39. The maximum Gasteiger partial charge on any atom is 0.136 e. The third-order valence-corrected chi connectivity index (χ3v) is 3.39. The molecular formula is C12H25N3O2. The van der Waals surface area contributed by atoms with Crippen LogP contribution in [0.25, 0.3) is 0 Å². The Morgan fingerprint density at radius 1 is 1.47 bits per heavy atom. The maximum absolute atomic E-state index is 11.9. The number of rotatable bonds is 7. The average Bonchev–Trinajstić information content (AvgIpc) is 2.34. The molecule has 100 valence electrons. The molecule has 4 N–H and O–H groups in total. The molecule has 0 aromatic rings. The molecular weight excluding hydrogens is 218 g/mol.